The van der Waals surface area contributed by atoms with E-state index in [9.17, 15) is 14.4 Å². The average molecular weight is 1160 g/mol. The molecule has 0 amide bonds. The predicted octanol–water partition coefficient (Wildman–Crippen LogP) is 25.0. The lowest BCUT2D eigenvalue weighted by Crippen LogP contribution is -2.30. The van der Waals surface area contributed by atoms with Crippen LogP contribution in [0.4, 0.5) is 0 Å². The molecule has 0 aromatic heterocycles. The summed E-state index contributed by atoms with van der Waals surface area (Å²) in [5.41, 5.74) is 0. The Labute approximate surface area is 515 Å². The molecule has 0 radical (unpaired) electrons. The zero-order chi connectivity index (χ0) is 59.9. The number of rotatable bonds is 66. The number of unbranched alkanes of at least 4 members (excludes halogenated alkanes) is 41. The van der Waals surface area contributed by atoms with Gasteiger partial charge in [-0.05, 0) is 116 Å². The highest BCUT2D eigenvalue weighted by atomic mass is 16.6. The zero-order valence-corrected chi connectivity index (χ0v) is 55.2. The fourth-order valence-electron chi connectivity index (χ4n) is 10.4. The fourth-order valence-corrected chi connectivity index (χ4v) is 10.4. The van der Waals surface area contributed by atoms with E-state index >= 15 is 0 Å². The molecule has 0 N–H and O–H groups in total. The molecule has 0 spiro atoms. The molecule has 1 unspecified atom stereocenters. The van der Waals surface area contributed by atoms with Gasteiger partial charge >= 0.3 is 17.9 Å². The van der Waals surface area contributed by atoms with Crippen LogP contribution in [0.3, 0.4) is 0 Å². The fraction of sp³-hybridized carbons (Fsp3) is 0.779. The van der Waals surface area contributed by atoms with Crippen LogP contribution in [-0.2, 0) is 28.6 Å². The van der Waals surface area contributed by atoms with Crippen molar-refractivity contribution in [1.82, 2.24) is 0 Å². The summed E-state index contributed by atoms with van der Waals surface area (Å²) in [6.07, 6.45) is 94.7. The van der Waals surface area contributed by atoms with E-state index in [1.807, 2.05) is 0 Å². The van der Waals surface area contributed by atoms with Gasteiger partial charge in [0.15, 0.2) is 6.10 Å². The second-order valence-electron chi connectivity index (χ2n) is 24.1. The summed E-state index contributed by atoms with van der Waals surface area (Å²) in [7, 11) is 0. The number of hydrogen-bond acceptors (Lipinski definition) is 6. The van der Waals surface area contributed by atoms with Crippen molar-refractivity contribution in [3.63, 3.8) is 0 Å². The second kappa shape index (κ2) is 71.1. The SMILES string of the molecule is CCC/C=C\C/C=C\CCCCCCCC(=O)OCC(COC(=O)CCCCCCCCCCCCCCCCCC/C=C\C/C=C\C/C=C\CCCCCCC)OC(=O)CCCCCCCCCCC/C=C\C/C=C\CCCCCCC. The van der Waals surface area contributed by atoms with Crippen molar-refractivity contribution in [3.8, 4) is 0 Å². The van der Waals surface area contributed by atoms with Gasteiger partial charge in [0.05, 0.1) is 0 Å². The van der Waals surface area contributed by atoms with Gasteiger partial charge in [0.2, 0.25) is 0 Å². The second-order valence-corrected chi connectivity index (χ2v) is 24.1. The first kappa shape index (κ1) is 79.6. The summed E-state index contributed by atoms with van der Waals surface area (Å²) in [4.78, 5) is 38.4. The van der Waals surface area contributed by atoms with Crippen LogP contribution in [0.15, 0.2) is 85.1 Å². The monoisotopic (exact) mass is 1160 g/mol. The lowest BCUT2D eigenvalue weighted by atomic mass is 10.0. The van der Waals surface area contributed by atoms with E-state index in [0.717, 1.165) is 103 Å². The largest absolute Gasteiger partial charge is 0.462 e. The molecule has 0 bridgehead atoms. The minimum absolute atomic E-state index is 0.0803. The van der Waals surface area contributed by atoms with Crippen LogP contribution >= 0.6 is 0 Å². The van der Waals surface area contributed by atoms with E-state index in [-0.39, 0.29) is 31.1 Å². The van der Waals surface area contributed by atoms with Crippen molar-refractivity contribution in [2.45, 2.75) is 374 Å². The Morgan fingerprint density at radius 3 is 0.723 bits per heavy atom. The summed E-state index contributed by atoms with van der Waals surface area (Å²) in [6, 6.07) is 0. The molecule has 0 saturated carbocycles. The van der Waals surface area contributed by atoms with Crippen LogP contribution in [0, 0.1) is 0 Å². The van der Waals surface area contributed by atoms with Gasteiger partial charge in [-0.3, -0.25) is 14.4 Å². The zero-order valence-electron chi connectivity index (χ0n) is 55.2. The topological polar surface area (TPSA) is 78.9 Å². The molecule has 0 saturated heterocycles. The molecule has 480 valence electrons. The van der Waals surface area contributed by atoms with Crippen molar-refractivity contribution >= 4 is 17.9 Å². The van der Waals surface area contributed by atoms with E-state index in [1.54, 1.807) is 0 Å². The van der Waals surface area contributed by atoms with Gasteiger partial charge < -0.3 is 14.2 Å². The molecule has 0 aliphatic heterocycles. The van der Waals surface area contributed by atoms with E-state index in [2.05, 4.69) is 106 Å². The number of carbonyl (C=O) groups excluding carboxylic acids is 3. The minimum atomic E-state index is -0.786. The highest BCUT2D eigenvalue weighted by Crippen LogP contribution is 2.17. The van der Waals surface area contributed by atoms with E-state index in [4.69, 9.17) is 14.2 Å². The molecule has 0 aliphatic carbocycles. The molecule has 0 heterocycles. The summed E-state index contributed by atoms with van der Waals surface area (Å²) >= 11 is 0. The summed E-state index contributed by atoms with van der Waals surface area (Å²) in [5.74, 6) is -0.882. The van der Waals surface area contributed by atoms with Crippen LogP contribution in [0.1, 0.15) is 367 Å². The lowest BCUT2D eigenvalue weighted by Gasteiger charge is -2.18. The van der Waals surface area contributed by atoms with E-state index < -0.39 is 6.10 Å². The van der Waals surface area contributed by atoms with Gasteiger partial charge in [0.1, 0.15) is 13.2 Å². The standard InChI is InChI=1S/C77H136O6/c1-4-7-10-13-16-19-22-25-27-29-31-33-34-35-36-37-38-39-40-41-42-44-45-47-49-52-55-58-61-64-67-70-76(79)82-73-74(72-81-75(78)69-66-63-60-57-54-51-24-21-18-15-12-9-6-3)83-77(80)71-68-65-62-59-56-53-50-48-46-43-32-30-28-26-23-20-17-14-11-8-5-2/h12,15,21-26,29-32,34-35,74H,4-11,13-14,16-20,27-28,33,36-73H2,1-3H3/b15-12-,24-21-,25-22-,26-23-,31-29-,32-30-,35-34-. The van der Waals surface area contributed by atoms with Gasteiger partial charge in [-0.25, -0.2) is 0 Å². The first-order valence-corrected chi connectivity index (χ1v) is 36.1. The molecule has 83 heavy (non-hydrogen) atoms. The third kappa shape index (κ3) is 69.3. The highest BCUT2D eigenvalue weighted by molar-refractivity contribution is 5.71. The number of carbonyl (C=O) groups is 3. The maximum absolute atomic E-state index is 12.9. The van der Waals surface area contributed by atoms with Crippen molar-refractivity contribution in [2.24, 2.45) is 0 Å². The summed E-state index contributed by atoms with van der Waals surface area (Å²) < 4.78 is 17.0. The third-order valence-electron chi connectivity index (χ3n) is 15.8. The molecule has 0 fully saturated rings. The first-order valence-electron chi connectivity index (χ1n) is 36.1. The number of allylic oxidation sites excluding steroid dienone is 14. The summed E-state index contributed by atoms with van der Waals surface area (Å²) in [6.45, 7) is 6.58. The molecular formula is C77H136O6. The van der Waals surface area contributed by atoms with Gasteiger partial charge in [0.25, 0.3) is 0 Å². The van der Waals surface area contributed by atoms with E-state index in [1.165, 1.54) is 225 Å². The lowest BCUT2D eigenvalue weighted by molar-refractivity contribution is -0.167. The van der Waals surface area contributed by atoms with Crippen molar-refractivity contribution in [1.29, 1.82) is 0 Å². The Morgan fingerprint density at radius 2 is 0.458 bits per heavy atom. The van der Waals surface area contributed by atoms with Crippen LogP contribution in [0.5, 0.6) is 0 Å². The summed E-state index contributed by atoms with van der Waals surface area (Å²) in [5, 5.41) is 0. The number of hydrogen-bond donors (Lipinski definition) is 0. The Kier molecular flexibility index (Phi) is 68.2. The smallest absolute Gasteiger partial charge is 0.306 e. The first-order chi connectivity index (χ1) is 41.0. The maximum atomic E-state index is 12.9. The Bertz CT molecular complexity index is 1570. The van der Waals surface area contributed by atoms with Gasteiger partial charge in [-0.2, -0.15) is 0 Å². The highest BCUT2D eigenvalue weighted by Gasteiger charge is 2.19. The average Bonchev–Trinajstić information content (AvgIpc) is 3.49. The molecule has 0 rings (SSSR count). The Balaban J connectivity index is 4.22. The Hall–Kier alpha value is -3.41. The van der Waals surface area contributed by atoms with Crippen molar-refractivity contribution in [2.75, 3.05) is 13.2 Å². The predicted molar refractivity (Wildman–Crippen MR) is 362 cm³/mol. The van der Waals surface area contributed by atoms with E-state index in [0.29, 0.717) is 19.3 Å². The van der Waals surface area contributed by atoms with Crippen LogP contribution in [0.25, 0.3) is 0 Å². The number of esters is 3. The maximum Gasteiger partial charge on any atom is 0.306 e. The minimum Gasteiger partial charge on any atom is -0.462 e. The van der Waals surface area contributed by atoms with Gasteiger partial charge in [-0.1, -0.05) is 318 Å². The normalized spacial score (nSPS) is 12.6. The molecular weight excluding hydrogens is 1020 g/mol. The molecule has 0 aromatic carbocycles. The third-order valence-corrected chi connectivity index (χ3v) is 15.8. The van der Waals surface area contributed by atoms with Gasteiger partial charge in [0, 0.05) is 19.3 Å². The molecule has 0 aromatic rings. The van der Waals surface area contributed by atoms with Crippen LogP contribution in [0.2, 0.25) is 0 Å². The molecule has 6 heteroatoms. The molecule has 1 atom stereocenters. The van der Waals surface area contributed by atoms with Crippen LogP contribution < -0.4 is 0 Å². The van der Waals surface area contributed by atoms with Gasteiger partial charge in [-0.15, -0.1) is 0 Å². The molecule has 0 aliphatic rings. The van der Waals surface area contributed by atoms with Crippen LogP contribution in [-0.4, -0.2) is 37.2 Å². The number of ether oxygens (including phenoxy) is 3. The quantitative estimate of drug-likeness (QED) is 0.0261. The van der Waals surface area contributed by atoms with Crippen molar-refractivity contribution in [3.05, 3.63) is 85.1 Å². The molecule has 6 nitrogen and oxygen atoms in total. The Morgan fingerprint density at radius 1 is 0.241 bits per heavy atom. The van der Waals surface area contributed by atoms with Crippen molar-refractivity contribution < 1.29 is 28.6 Å².